The molecule has 2 heteroatoms. The van der Waals surface area contributed by atoms with Crippen molar-refractivity contribution in [2.24, 2.45) is 0 Å². The first-order valence-corrected chi connectivity index (χ1v) is 17.6. The Bertz CT molecular complexity index is 2590. The summed E-state index contributed by atoms with van der Waals surface area (Å²) in [4.78, 5) is 2.30. The van der Waals surface area contributed by atoms with Gasteiger partial charge < -0.3 is 9.32 Å². The predicted octanol–water partition coefficient (Wildman–Crippen LogP) is 14.2. The maximum absolute atomic E-state index is 7.86. The summed E-state index contributed by atoms with van der Waals surface area (Å²) in [5.74, 6) is 0.876. The Morgan fingerprint density at radius 3 is 1.27 bits per heavy atom. The van der Waals surface area contributed by atoms with Gasteiger partial charge in [-0.25, -0.2) is 0 Å². The highest BCUT2D eigenvalue weighted by Gasteiger charge is 2.14. The van der Waals surface area contributed by atoms with Gasteiger partial charge in [-0.1, -0.05) is 158 Å². The van der Waals surface area contributed by atoms with Crippen LogP contribution in [-0.4, -0.2) is 0 Å². The first-order chi connectivity index (χ1) is 26.1. The second kappa shape index (κ2) is 13.8. The smallest absolute Gasteiger partial charge is 0.135 e. The first-order valence-electron chi connectivity index (χ1n) is 18.1. The number of fused-ring (bicyclic) bond motifs is 1. The fourth-order valence-corrected chi connectivity index (χ4v) is 6.90. The molecular formula is C50H35NO. The molecule has 0 unspecified atom stereocenters. The van der Waals surface area contributed by atoms with Crippen molar-refractivity contribution in [1.82, 2.24) is 0 Å². The summed E-state index contributed by atoms with van der Waals surface area (Å²) in [5, 5.41) is 1.11. The van der Waals surface area contributed by atoms with Gasteiger partial charge in [-0.3, -0.25) is 0 Å². The molecule has 0 aliphatic rings. The number of para-hydroxylation sites is 1. The van der Waals surface area contributed by atoms with Crippen LogP contribution < -0.4 is 4.90 Å². The molecule has 0 N–H and O–H groups in total. The Balaban J connectivity index is 1.000. The van der Waals surface area contributed by atoms with Crippen molar-refractivity contribution < 1.29 is 5.79 Å². The van der Waals surface area contributed by atoms with Gasteiger partial charge >= 0.3 is 0 Å². The largest absolute Gasteiger partial charge is 0.456 e. The van der Waals surface area contributed by atoms with E-state index in [1.807, 2.05) is 48.5 Å². The molecule has 9 rings (SSSR count). The third-order valence-corrected chi connectivity index (χ3v) is 9.66. The van der Waals surface area contributed by atoms with E-state index >= 15 is 0 Å². The average molecular weight is 667 g/mol. The lowest BCUT2D eigenvalue weighted by atomic mass is 9.98. The summed E-state index contributed by atoms with van der Waals surface area (Å²) in [7, 11) is 0. The summed E-state index contributed by atoms with van der Waals surface area (Å²) in [6.45, 7) is 0. The Morgan fingerprint density at radius 1 is 0.327 bits per heavy atom. The lowest BCUT2D eigenvalue weighted by Gasteiger charge is -2.26. The second-order valence-electron chi connectivity index (χ2n) is 12.9. The maximum atomic E-state index is 7.86. The van der Waals surface area contributed by atoms with Gasteiger partial charge in [0.2, 0.25) is 0 Å². The van der Waals surface area contributed by atoms with Crippen molar-refractivity contribution in [3.8, 4) is 55.8 Å². The molecular weight excluding hydrogens is 631 g/mol. The lowest BCUT2D eigenvalue weighted by Crippen LogP contribution is -2.09. The zero-order valence-electron chi connectivity index (χ0n) is 29.5. The molecule has 0 radical (unpaired) electrons. The molecule has 52 heavy (non-hydrogen) atoms. The van der Waals surface area contributed by atoms with Crippen LogP contribution in [0.1, 0.15) is 1.37 Å². The van der Waals surface area contributed by atoms with E-state index in [0.717, 1.165) is 72.7 Å². The number of hydrogen-bond acceptors (Lipinski definition) is 2. The quantitative estimate of drug-likeness (QED) is 0.160. The third-order valence-electron chi connectivity index (χ3n) is 9.66. The van der Waals surface area contributed by atoms with E-state index in [1.165, 1.54) is 11.1 Å². The monoisotopic (exact) mass is 666 g/mol. The van der Waals surface area contributed by atoms with Crippen LogP contribution in [0.3, 0.4) is 0 Å². The van der Waals surface area contributed by atoms with E-state index in [1.54, 1.807) is 0 Å². The van der Waals surface area contributed by atoms with Crippen molar-refractivity contribution in [1.29, 1.82) is 0 Å². The molecule has 0 spiro atoms. The van der Waals surface area contributed by atoms with E-state index < -0.39 is 0 Å². The number of nitrogens with zero attached hydrogens (tertiary/aromatic N) is 1. The Morgan fingerprint density at radius 2 is 0.731 bits per heavy atom. The molecule has 0 atom stereocenters. The van der Waals surface area contributed by atoms with Crippen LogP contribution in [0.5, 0.6) is 0 Å². The summed E-state index contributed by atoms with van der Waals surface area (Å²) in [6, 6.07) is 72.5. The summed E-state index contributed by atoms with van der Waals surface area (Å²) >= 11 is 0. The van der Waals surface area contributed by atoms with Crippen molar-refractivity contribution >= 4 is 28.0 Å². The fourth-order valence-electron chi connectivity index (χ4n) is 6.90. The summed E-state index contributed by atoms with van der Waals surface area (Å²) in [5.41, 5.74) is 14.4. The number of furan rings is 1. The van der Waals surface area contributed by atoms with E-state index in [2.05, 4.69) is 163 Å². The van der Waals surface area contributed by atoms with Crippen molar-refractivity contribution in [3.05, 3.63) is 212 Å². The molecule has 0 saturated carbocycles. The summed E-state index contributed by atoms with van der Waals surface area (Å²) in [6.07, 6.45) is 0. The Kier molecular flexibility index (Phi) is 7.94. The van der Waals surface area contributed by atoms with Crippen molar-refractivity contribution in [2.45, 2.75) is 0 Å². The third kappa shape index (κ3) is 6.30. The van der Waals surface area contributed by atoms with Crippen LogP contribution in [0, 0.1) is 0 Å². The molecule has 9 aromatic rings. The molecule has 2 nitrogen and oxygen atoms in total. The van der Waals surface area contributed by atoms with Gasteiger partial charge in [-0.15, -0.1) is 0 Å². The zero-order valence-corrected chi connectivity index (χ0v) is 28.5. The van der Waals surface area contributed by atoms with E-state index in [9.17, 15) is 0 Å². The number of benzene rings is 8. The van der Waals surface area contributed by atoms with Crippen LogP contribution in [0.2, 0.25) is 0 Å². The van der Waals surface area contributed by atoms with Gasteiger partial charge in [0, 0.05) is 28.0 Å². The molecule has 8 aromatic carbocycles. The average Bonchev–Trinajstić information content (AvgIpc) is 3.67. The molecule has 1 heterocycles. The lowest BCUT2D eigenvalue weighted by molar-refractivity contribution is 0.631. The van der Waals surface area contributed by atoms with Crippen LogP contribution in [0.4, 0.5) is 17.1 Å². The highest BCUT2D eigenvalue weighted by atomic mass is 16.3. The molecule has 0 amide bonds. The van der Waals surface area contributed by atoms with Gasteiger partial charge in [0.1, 0.15) is 11.3 Å². The minimum absolute atomic E-state index is 0.514. The molecule has 0 fully saturated rings. The first kappa shape index (κ1) is 30.0. The van der Waals surface area contributed by atoms with Crippen LogP contribution >= 0.6 is 0 Å². The number of anilines is 3. The van der Waals surface area contributed by atoms with Crippen LogP contribution in [-0.2, 0) is 0 Å². The second-order valence-corrected chi connectivity index (χ2v) is 12.9. The highest BCUT2D eigenvalue weighted by Crippen LogP contribution is 2.38. The minimum atomic E-state index is 0.514. The number of rotatable bonds is 8. The molecule has 0 aliphatic carbocycles. The minimum Gasteiger partial charge on any atom is -0.456 e. The molecule has 246 valence electrons. The predicted molar refractivity (Wildman–Crippen MR) is 218 cm³/mol. The van der Waals surface area contributed by atoms with Gasteiger partial charge in [0.05, 0.1) is 1.37 Å². The SMILES string of the molecule is [2H]c1ccc(-c2ccc(N(c3ccc(-c4ccccc4)cc3)c3ccc(-c4ccc(-c5cccc(-c6cc7ccccc7o6)c5)cc4)cc3)cc2)cc1. The van der Waals surface area contributed by atoms with Gasteiger partial charge in [0.15, 0.2) is 0 Å². The van der Waals surface area contributed by atoms with Crippen molar-refractivity contribution in [2.75, 3.05) is 4.90 Å². The zero-order chi connectivity index (χ0) is 35.6. The highest BCUT2D eigenvalue weighted by molar-refractivity contribution is 5.84. The van der Waals surface area contributed by atoms with E-state index in [4.69, 9.17) is 5.79 Å². The Hall–Kier alpha value is -6.90. The van der Waals surface area contributed by atoms with Gasteiger partial charge in [0.25, 0.3) is 0 Å². The Labute approximate surface area is 305 Å². The van der Waals surface area contributed by atoms with Gasteiger partial charge in [-0.05, 0) is 99.1 Å². The number of hydrogen-bond donors (Lipinski definition) is 0. The molecule has 0 bridgehead atoms. The van der Waals surface area contributed by atoms with Gasteiger partial charge in [-0.2, -0.15) is 0 Å². The summed E-state index contributed by atoms with van der Waals surface area (Å²) < 4.78 is 14.0. The maximum Gasteiger partial charge on any atom is 0.135 e. The molecule has 0 aliphatic heterocycles. The van der Waals surface area contributed by atoms with Crippen LogP contribution in [0.25, 0.3) is 66.8 Å². The topological polar surface area (TPSA) is 16.4 Å². The van der Waals surface area contributed by atoms with Crippen LogP contribution in [0.15, 0.2) is 217 Å². The fraction of sp³-hybridized carbons (Fsp3) is 0. The molecule has 1 aromatic heterocycles. The molecule has 0 saturated heterocycles. The van der Waals surface area contributed by atoms with Crippen molar-refractivity contribution in [3.63, 3.8) is 0 Å². The normalized spacial score (nSPS) is 11.3. The van der Waals surface area contributed by atoms with E-state index in [0.29, 0.717) is 6.04 Å². The standard InChI is InChI=1S/C50H35NO/c1-3-10-36(11-4-1)39-22-28-46(29-23-39)51(47-30-24-40(25-31-47)37-12-5-2-6-13-37)48-32-26-41(27-33-48)38-18-20-42(21-19-38)43-15-9-16-44(34-43)50-35-45-14-7-8-17-49(45)52-50/h1-35H/i1D. The van der Waals surface area contributed by atoms with E-state index in [-0.39, 0.29) is 0 Å².